The molecule has 0 N–H and O–H groups in total. The second-order valence-electron chi connectivity index (χ2n) is 25.8. The van der Waals surface area contributed by atoms with Crippen LogP contribution in [-0.4, -0.2) is 12.5 Å². The zero-order chi connectivity index (χ0) is 58.1. The van der Waals surface area contributed by atoms with E-state index in [0.29, 0.717) is 0 Å². The average molecular weight is 1110 g/mol. The average Bonchev–Trinajstić information content (AvgIpc) is 1.74. The highest BCUT2D eigenvalue weighted by atomic mass is 32.2. The van der Waals surface area contributed by atoms with Crippen LogP contribution >= 0.6 is 0 Å². The van der Waals surface area contributed by atoms with E-state index >= 15 is 0 Å². The van der Waals surface area contributed by atoms with Crippen LogP contribution in [0.1, 0.15) is 76.3 Å². The fraction of sp³-hybridized carbons (Fsp3) is 0.146. The van der Waals surface area contributed by atoms with Gasteiger partial charge in [0.25, 0.3) is 0 Å². The molecular formula is C82H69N2S+. The van der Waals surface area contributed by atoms with Crippen LogP contribution < -0.4 is 9.80 Å². The summed E-state index contributed by atoms with van der Waals surface area (Å²) in [7, 11) is 0.123. The van der Waals surface area contributed by atoms with Crippen LogP contribution in [0.25, 0.3) is 87.6 Å². The molecule has 2 aliphatic carbocycles. The van der Waals surface area contributed by atoms with Gasteiger partial charge in [-0.2, -0.15) is 0 Å². The smallest absolute Gasteiger partial charge is 0.154 e. The number of benzene rings is 13. The van der Waals surface area contributed by atoms with E-state index in [1.807, 2.05) is 0 Å². The SMILES string of the molecule is C[S+](C)c1ccc(N(c2ccc(C(C)(C)C)cc2)c2ccc3c(-c4ccc5c(c4)C(C)(C)c4ccc6ccccc6c4-5)c4cc(N(c5ccccc5)c5ccccc5)ccc4c(-c4ccc5c(c4)C(C)(C)c4ccc6ccccc6c4-5)c3c2)cc1. The number of anilines is 6. The highest BCUT2D eigenvalue weighted by Gasteiger charge is 2.39. The summed E-state index contributed by atoms with van der Waals surface area (Å²) in [6, 6.07) is 96.9. The summed E-state index contributed by atoms with van der Waals surface area (Å²) in [5.41, 5.74) is 23.2. The number of hydrogen-bond donors (Lipinski definition) is 0. The third kappa shape index (κ3) is 8.45. The predicted octanol–water partition coefficient (Wildman–Crippen LogP) is 22.7. The third-order valence-electron chi connectivity index (χ3n) is 18.9. The molecular weight excluding hydrogens is 1040 g/mol. The molecule has 412 valence electrons. The minimum Gasteiger partial charge on any atom is -0.310 e. The van der Waals surface area contributed by atoms with E-state index in [9.17, 15) is 0 Å². The normalized spacial score (nSPS) is 13.8. The van der Waals surface area contributed by atoms with Gasteiger partial charge in [-0.05, 0) is 218 Å². The van der Waals surface area contributed by atoms with Gasteiger partial charge in [0.15, 0.2) is 4.90 Å². The molecule has 2 aliphatic rings. The Hall–Kier alpha value is -9.15. The topological polar surface area (TPSA) is 6.48 Å². The van der Waals surface area contributed by atoms with Crippen molar-refractivity contribution >= 4 is 88.1 Å². The van der Waals surface area contributed by atoms with Gasteiger partial charge in [-0.15, -0.1) is 0 Å². The molecule has 0 bridgehead atoms. The van der Waals surface area contributed by atoms with Crippen LogP contribution in [0.5, 0.6) is 0 Å². The van der Waals surface area contributed by atoms with Gasteiger partial charge in [0.1, 0.15) is 12.5 Å². The summed E-state index contributed by atoms with van der Waals surface area (Å²) in [4.78, 5) is 6.24. The standard InChI is InChI=1S/C82H69N2S/c1-80(2,3)56-32-34-59(35-33-56)84(60-36-40-63(41-37-60)85(8)9)62-39-45-67-71(51-62)77(55-29-43-69-75(49-55)82(6,7)73-47-31-53-21-17-19-27-65(53)79(69)73)66-44-38-61(83(57-22-12-10-13-23-57)58-24-14-11-15-25-58)50-70(66)76(67)54-28-42-68-74(48-54)81(4,5)72-46-30-52-20-16-18-26-64(52)78(68)72/h10-51H,1-9H3/q+1. The molecule has 0 aromatic heterocycles. The largest absolute Gasteiger partial charge is 0.310 e. The lowest BCUT2D eigenvalue weighted by Gasteiger charge is -2.29. The van der Waals surface area contributed by atoms with Crippen molar-refractivity contribution in [1.29, 1.82) is 0 Å². The lowest BCUT2D eigenvalue weighted by Crippen LogP contribution is -2.15. The van der Waals surface area contributed by atoms with E-state index in [1.165, 1.54) is 120 Å². The Morgan fingerprint density at radius 3 is 1.12 bits per heavy atom. The highest BCUT2D eigenvalue weighted by molar-refractivity contribution is 7.95. The first-order valence-electron chi connectivity index (χ1n) is 30.0. The van der Waals surface area contributed by atoms with Gasteiger partial charge in [-0.25, -0.2) is 0 Å². The molecule has 0 amide bonds. The Bertz CT molecular complexity index is 4770. The second-order valence-corrected chi connectivity index (χ2v) is 28.0. The maximum atomic E-state index is 2.55. The van der Waals surface area contributed by atoms with Gasteiger partial charge >= 0.3 is 0 Å². The molecule has 85 heavy (non-hydrogen) atoms. The van der Waals surface area contributed by atoms with E-state index in [2.05, 4.69) is 326 Å². The van der Waals surface area contributed by atoms with Crippen molar-refractivity contribution in [3.05, 3.63) is 283 Å². The molecule has 0 unspecified atom stereocenters. The molecule has 0 aliphatic heterocycles. The molecule has 0 radical (unpaired) electrons. The predicted molar refractivity (Wildman–Crippen MR) is 368 cm³/mol. The molecule has 0 saturated carbocycles. The number of rotatable bonds is 9. The molecule has 0 heterocycles. The second kappa shape index (κ2) is 19.7. The Labute approximate surface area is 504 Å². The quantitative estimate of drug-likeness (QED) is 0.105. The Balaban J connectivity index is 1.05. The summed E-state index contributed by atoms with van der Waals surface area (Å²) in [6.45, 7) is 16.6. The minimum atomic E-state index is -0.237. The summed E-state index contributed by atoms with van der Waals surface area (Å²) in [5.74, 6) is 0. The van der Waals surface area contributed by atoms with Gasteiger partial charge < -0.3 is 9.80 Å². The van der Waals surface area contributed by atoms with E-state index in [1.54, 1.807) is 0 Å². The monoisotopic (exact) mass is 1110 g/mol. The van der Waals surface area contributed by atoms with Crippen molar-refractivity contribution in [2.75, 3.05) is 22.3 Å². The zero-order valence-corrected chi connectivity index (χ0v) is 50.9. The van der Waals surface area contributed by atoms with Gasteiger partial charge in [0.2, 0.25) is 0 Å². The van der Waals surface area contributed by atoms with E-state index in [-0.39, 0.29) is 27.1 Å². The van der Waals surface area contributed by atoms with Gasteiger partial charge in [-0.1, -0.05) is 206 Å². The first-order chi connectivity index (χ1) is 41.1. The van der Waals surface area contributed by atoms with Crippen LogP contribution in [0.15, 0.2) is 260 Å². The number of nitrogens with zero attached hydrogens (tertiary/aromatic N) is 2. The van der Waals surface area contributed by atoms with E-state index < -0.39 is 0 Å². The van der Waals surface area contributed by atoms with E-state index in [0.717, 1.165) is 34.1 Å². The number of fused-ring (bicyclic) bond motifs is 12. The van der Waals surface area contributed by atoms with Gasteiger partial charge in [0, 0.05) is 55.8 Å². The first kappa shape index (κ1) is 52.6. The molecule has 0 atom stereocenters. The van der Waals surface area contributed by atoms with Gasteiger partial charge in [-0.3, -0.25) is 0 Å². The van der Waals surface area contributed by atoms with Crippen LogP contribution in [0, 0.1) is 0 Å². The summed E-state index contributed by atoms with van der Waals surface area (Å²) in [5, 5.41) is 10.00. The molecule has 0 saturated heterocycles. The molecule has 3 heteroatoms. The van der Waals surface area contributed by atoms with Crippen LogP contribution in [0.2, 0.25) is 0 Å². The molecule has 15 rings (SSSR count). The van der Waals surface area contributed by atoms with Crippen LogP contribution in [0.4, 0.5) is 34.1 Å². The highest BCUT2D eigenvalue weighted by Crippen LogP contribution is 2.57. The van der Waals surface area contributed by atoms with Crippen molar-refractivity contribution in [3.63, 3.8) is 0 Å². The molecule has 2 nitrogen and oxygen atoms in total. The van der Waals surface area contributed by atoms with Crippen molar-refractivity contribution in [2.45, 2.75) is 69.6 Å². The maximum Gasteiger partial charge on any atom is 0.154 e. The first-order valence-corrected chi connectivity index (χ1v) is 32.0. The van der Waals surface area contributed by atoms with Crippen molar-refractivity contribution < 1.29 is 0 Å². The Morgan fingerprint density at radius 2 is 0.694 bits per heavy atom. The summed E-state index contributed by atoms with van der Waals surface area (Å²) < 4.78 is 0. The molecule has 0 spiro atoms. The number of para-hydroxylation sites is 2. The van der Waals surface area contributed by atoms with Crippen molar-refractivity contribution in [3.8, 4) is 44.5 Å². The summed E-state index contributed by atoms with van der Waals surface area (Å²) >= 11 is 0. The number of hydrogen-bond acceptors (Lipinski definition) is 2. The lowest BCUT2D eigenvalue weighted by molar-refractivity contribution is 0.590. The van der Waals surface area contributed by atoms with Crippen LogP contribution in [-0.2, 0) is 27.1 Å². The fourth-order valence-electron chi connectivity index (χ4n) is 14.5. The molecule has 0 fully saturated rings. The summed E-state index contributed by atoms with van der Waals surface area (Å²) in [6.07, 6.45) is 4.61. The lowest BCUT2D eigenvalue weighted by atomic mass is 9.79. The Morgan fingerprint density at radius 1 is 0.306 bits per heavy atom. The zero-order valence-electron chi connectivity index (χ0n) is 50.1. The minimum absolute atomic E-state index is 0.0137. The van der Waals surface area contributed by atoms with Gasteiger partial charge in [0.05, 0.1) is 0 Å². The molecule has 13 aromatic carbocycles. The third-order valence-corrected chi connectivity index (χ3v) is 20.1. The van der Waals surface area contributed by atoms with E-state index in [4.69, 9.17) is 0 Å². The molecule has 13 aromatic rings. The van der Waals surface area contributed by atoms with Crippen molar-refractivity contribution in [2.24, 2.45) is 0 Å². The van der Waals surface area contributed by atoms with Crippen molar-refractivity contribution in [1.82, 2.24) is 0 Å². The maximum absolute atomic E-state index is 2.55. The van der Waals surface area contributed by atoms with Crippen LogP contribution in [0.3, 0.4) is 0 Å². The Kier molecular flexibility index (Phi) is 12.2. The fourth-order valence-corrected chi connectivity index (χ4v) is 15.1.